The van der Waals surface area contributed by atoms with Crippen molar-refractivity contribution in [2.45, 2.75) is 19.8 Å². The summed E-state index contributed by atoms with van der Waals surface area (Å²) < 4.78 is 7.18. The molecule has 0 unspecified atom stereocenters. The molecule has 1 heterocycles. The molecule has 1 aromatic carbocycles. The molecule has 0 saturated heterocycles. The van der Waals surface area contributed by atoms with Crippen LogP contribution in [0.25, 0.3) is 5.69 Å². The molecule has 5 heteroatoms. The normalized spacial score (nSPS) is 10.7. The Hall–Kier alpha value is -2.01. The number of aromatic hydroxyl groups is 1. The van der Waals surface area contributed by atoms with Gasteiger partial charge >= 0.3 is 0 Å². The summed E-state index contributed by atoms with van der Waals surface area (Å²) in [5, 5.41) is 14.0. The van der Waals surface area contributed by atoms with E-state index >= 15 is 0 Å². The number of methoxy groups -OCH3 is 1. The Morgan fingerprint density at radius 3 is 2.84 bits per heavy atom. The van der Waals surface area contributed by atoms with Crippen LogP contribution in [0.5, 0.6) is 11.6 Å². The van der Waals surface area contributed by atoms with Gasteiger partial charge in [-0.05, 0) is 38.4 Å². The molecule has 0 amide bonds. The lowest BCUT2D eigenvalue weighted by atomic mass is 10.1. The molecule has 0 aliphatic carbocycles. The van der Waals surface area contributed by atoms with Crippen LogP contribution in [0.15, 0.2) is 24.3 Å². The van der Waals surface area contributed by atoms with Gasteiger partial charge in [0.25, 0.3) is 0 Å². The zero-order valence-corrected chi connectivity index (χ0v) is 11.3. The van der Waals surface area contributed by atoms with Crippen molar-refractivity contribution in [2.24, 2.45) is 5.73 Å². The van der Waals surface area contributed by atoms with Crippen LogP contribution in [0.2, 0.25) is 0 Å². The highest BCUT2D eigenvalue weighted by Crippen LogP contribution is 2.27. The van der Waals surface area contributed by atoms with E-state index in [0.29, 0.717) is 12.4 Å². The summed E-state index contributed by atoms with van der Waals surface area (Å²) in [6, 6.07) is 6.94. The molecule has 102 valence electrons. The summed E-state index contributed by atoms with van der Waals surface area (Å²) in [7, 11) is 1.63. The van der Waals surface area contributed by atoms with E-state index in [1.807, 2.05) is 13.0 Å². The molecule has 0 atom stereocenters. The van der Waals surface area contributed by atoms with Gasteiger partial charge in [0.1, 0.15) is 5.75 Å². The Morgan fingerprint density at radius 2 is 2.21 bits per heavy atom. The fourth-order valence-electron chi connectivity index (χ4n) is 2.11. The Kier molecular flexibility index (Phi) is 4.06. The van der Waals surface area contributed by atoms with Gasteiger partial charge in [0.15, 0.2) is 0 Å². The van der Waals surface area contributed by atoms with Crippen molar-refractivity contribution in [1.82, 2.24) is 9.78 Å². The van der Waals surface area contributed by atoms with E-state index in [9.17, 15) is 5.11 Å². The molecular formula is C14H19N3O2. The Bertz CT molecular complexity index is 564. The predicted molar refractivity (Wildman–Crippen MR) is 73.9 cm³/mol. The standard InChI is InChI=1S/C14H19N3O2/c1-10-13(7-4-8-15)14(19-2)17(16-10)11-5-3-6-12(18)9-11/h3,5-6,9,18H,4,7-8,15H2,1-2H3. The zero-order chi connectivity index (χ0) is 13.8. The fourth-order valence-corrected chi connectivity index (χ4v) is 2.11. The summed E-state index contributed by atoms with van der Waals surface area (Å²) in [5.74, 6) is 0.910. The van der Waals surface area contributed by atoms with Gasteiger partial charge in [0.2, 0.25) is 5.88 Å². The summed E-state index contributed by atoms with van der Waals surface area (Å²) >= 11 is 0. The van der Waals surface area contributed by atoms with Gasteiger partial charge in [-0.1, -0.05) is 6.07 Å². The maximum absolute atomic E-state index is 9.56. The third-order valence-corrected chi connectivity index (χ3v) is 3.04. The van der Waals surface area contributed by atoms with Crippen LogP contribution in [-0.4, -0.2) is 28.5 Å². The van der Waals surface area contributed by atoms with Gasteiger partial charge in [0.05, 0.1) is 18.5 Å². The van der Waals surface area contributed by atoms with E-state index < -0.39 is 0 Å². The van der Waals surface area contributed by atoms with Crippen molar-refractivity contribution in [3.63, 3.8) is 0 Å². The molecule has 0 radical (unpaired) electrons. The average molecular weight is 261 g/mol. The molecule has 19 heavy (non-hydrogen) atoms. The van der Waals surface area contributed by atoms with Crippen molar-refractivity contribution < 1.29 is 9.84 Å². The summed E-state index contributed by atoms with van der Waals surface area (Å²) in [4.78, 5) is 0. The van der Waals surface area contributed by atoms with E-state index in [1.165, 1.54) is 0 Å². The molecule has 0 aliphatic rings. The highest BCUT2D eigenvalue weighted by atomic mass is 16.5. The molecule has 3 N–H and O–H groups in total. The van der Waals surface area contributed by atoms with Crippen molar-refractivity contribution in [3.05, 3.63) is 35.5 Å². The maximum atomic E-state index is 9.56. The summed E-state index contributed by atoms with van der Waals surface area (Å²) in [6.07, 6.45) is 1.73. The van der Waals surface area contributed by atoms with Crippen molar-refractivity contribution in [2.75, 3.05) is 13.7 Å². The first-order chi connectivity index (χ1) is 9.17. The molecule has 0 bridgehead atoms. The number of phenols is 1. The van der Waals surface area contributed by atoms with Crippen LogP contribution in [0.3, 0.4) is 0 Å². The number of nitrogens with two attached hydrogens (primary N) is 1. The van der Waals surface area contributed by atoms with Crippen LogP contribution < -0.4 is 10.5 Å². The Balaban J connectivity index is 2.46. The second kappa shape index (κ2) is 5.75. The number of benzene rings is 1. The largest absolute Gasteiger partial charge is 0.508 e. The van der Waals surface area contributed by atoms with Crippen molar-refractivity contribution in [3.8, 4) is 17.3 Å². The lowest BCUT2D eigenvalue weighted by molar-refractivity contribution is 0.378. The molecule has 2 rings (SSSR count). The quantitative estimate of drug-likeness (QED) is 0.860. The molecule has 0 fully saturated rings. The minimum Gasteiger partial charge on any atom is -0.508 e. The second-order valence-corrected chi connectivity index (χ2v) is 4.40. The number of aromatic nitrogens is 2. The predicted octanol–water partition coefficient (Wildman–Crippen LogP) is 1.79. The van der Waals surface area contributed by atoms with Gasteiger partial charge in [-0.2, -0.15) is 5.10 Å². The number of phenolic OH excluding ortho intramolecular Hbond substituents is 1. The van der Waals surface area contributed by atoms with Gasteiger partial charge in [-0.15, -0.1) is 0 Å². The van der Waals surface area contributed by atoms with Gasteiger partial charge in [-0.3, -0.25) is 0 Å². The first kappa shape index (κ1) is 13.4. The van der Waals surface area contributed by atoms with Gasteiger partial charge < -0.3 is 15.6 Å². The van der Waals surface area contributed by atoms with E-state index in [4.69, 9.17) is 10.5 Å². The van der Waals surface area contributed by atoms with Gasteiger partial charge in [0, 0.05) is 11.6 Å². The monoisotopic (exact) mass is 261 g/mol. The Morgan fingerprint density at radius 1 is 1.42 bits per heavy atom. The van der Waals surface area contributed by atoms with Crippen LogP contribution in [0, 0.1) is 6.92 Å². The van der Waals surface area contributed by atoms with Crippen LogP contribution in [-0.2, 0) is 6.42 Å². The topological polar surface area (TPSA) is 73.3 Å². The fraction of sp³-hybridized carbons (Fsp3) is 0.357. The number of ether oxygens (including phenoxy) is 1. The SMILES string of the molecule is COc1c(CCCN)c(C)nn1-c1cccc(O)c1. The number of nitrogens with zero attached hydrogens (tertiary/aromatic N) is 2. The first-order valence-electron chi connectivity index (χ1n) is 6.29. The average Bonchev–Trinajstić information content (AvgIpc) is 2.72. The third-order valence-electron chi connectivity index (χ3n) is 3.04. The van der Waals surface area contributed by atoms with Crippen LogP contribution in [0.4, 0.5) is 0 Å². The number of aryl methyl sites for hydroxylation is 1. The van der Waals surface area contributed by atoms with Gasteiger partial charge in [-0.25, -0.2) is 4.68 Å². The van der Waals surface area contributed by atoms with E-state index in [1.54, 1.807) is 30.0 Å². The number of hydrogen-bond donors (Lipinski definition) is 2. The highest BCUT2D eigenvalue weighted by molar-refractivity contribution is 5.44. The second-order valence-electron chi connectivity index (χ2n) is 4.40. The summed E-state index contributed by atoms with van der Waals surface area (Å²) in [6.45, 7) is 2.59. The molecule has 2 aromatic rings. The minimum atomic E-state index is 0.205. The molecule has 0 saturated carbocycles. The molecule has 0 aliphatic heterocycles. The maximum Gasteiger partial charge on any atom is 0.219 e. The minimum absolute atomic E-state index is 0.205. The highest BCUT2D eigenvalue weighted by Gasteiger charge is 2.16. The lowest BCUT2D eigenvalue weighted by Gasteiger charge is -2.08. The lowest BCUT2D eigenvalue weighted by Crippen LogP contribution is -2.03. The van der Waals surface area contributed by atoms with E-state index in [2.05, 4.69) is 5.10 Å². The van der Waals surface area contributed by atoms with Crippen LogP contribution >= 0.6 is 0 Å². The van der Waals surface area contributed by atoms with Crippen molar-refractivity contribution >= 4 is 0 Å². The first-order valence-corrected chi connectivity index (χ1v) is 6.29. The van der Waals surface area contributed by atoms with E-state index in [0.717, 1.165) is 29.8 Å². The van der Waals surface area contributed by atoms with Crippen LogP contribution in [0.1, 0.15) is 17.7 Å². The molecule has 1 aromatic heterocycles. The molecule has 0 spiro atoms. The number of hydrogen-bond acceptors (Lipinski definition) is 4. The Labute approximate surface area is 112 Å². The van der Waals surface area contributed by atoms with E-state index in [-0.39, 0.29) is 5.75 Å². The van der Waals surface area contributed by atoms with Crippen molar-refractivity contribution in [1.29, 1.82) is 0 Å². The summed E-state index contributed by atoms with van der Waals surface area (Å²) in [5.41, 5.74) is 8.32. The smallest absolute Gasteiger partial charge is 0.219 e. The molecular weight excluding hydrogens is 242 g/mol. The molecule has 5 nitrogen and oxygen atoms in total. The number of rotatable bonds is 5. The third kappa shape index (κ3) is 2.71. The zero-order valence-electron chi connectivity index (χ0n) is 11.3.